The van der Waals surface area contributed by atoms with Crippen molar-refractivity contribution in [2.45, 2.75) is 71.6 Å². The molecule has 1 aliphatic rings. The van der Waals surface area contributed by atoms with Crippen LogP contribution in [0.2, 0.25) is 10.0 Å². The van der Waals surface area contributed by atoms with Gasteiger partial charge >= 0.3 is 133 Å². The van der Waals surface area contributed by atoms with Crippen LogP contribution in [0.5, 0.6) is 0 Å². The van der Waals surface area contributed by atoms with Crippen LogP contribution in [-0.4, -0.2) is 3.21 Å². The summed E-state index contributed by atoms with van der Waals surface area (Å²) in [6, 6.07) is 49.9. The van der Waals surface area contributed by atoms with Crippen LogP contribution in [0.1, 0.15) is 70.2 Å². The molecule has 0 fully saturated rings. The summed E-state index contributed by atoms with van der Waals surface area (Å²) in [5.74, 6) is 0. The van der Waals surface area contributed by atoms with Crippen molar-refractivity contribution in [2.24, 2.45) is 0 Å². The summed E-state index contributed by atoms with van der Waals surface area (Å²) in [6.07, 6.45) is 12.1. The molecule has 0 atom stereocenters. The fourth-order valence-electron chi connectivity index (χ4n) is 7.16. The van der Waals surface area contributed by atoms with E-state index in [0.29, 0.717) is 0 Å². The Bertz CT molecular complexity index is 2280. The third kappa shape index (κ3) is 10.9. The van der Waals surface area contributed by atoms with Crippen LogP contribution in [0.3, 0.4) is 0 Å². The molecule has 8 rings (SSSR count). The summed E-state index contributed by atoms with van der Waals surface area (Å²) in [4.78, 5) is 0. The van der Waals surface area contributed by atoms with Gasteiger partial charge in [-0.05, 0) is 44.2 Å². The number of hydrogen-bond acceptors (Lipinski definition) is 0. The van der Waals surface area contributed by atoms with E-state index >= 15 is 0 Å². The average Bonchev–Trinajstić information content (AvgIpc) is 3.88. The number of rotatable bonds is 6. The number of benzene rings is 6. The Morgan fingerprint density at radius 2 is 1.00 bits per heavy atom. The van der Waals surface area contributed by atoms with Gasteiger partial charge in [0.25, 0.3) is 0 Å². The van der Waals surface area contributed by atoms with E-state index in [1.165, 1.54) is 93.5 Å². The normalized spacial score (nSPS) is 12.3. The van der Waals surface area contributed by atoms with Crippen LogP contribution in [-0.2, 0) is 47.9 Å². The molecule has 56 heavy (non-hydrogen) atoms. The Morgan fingerprint density at radius 1 is 0.589 bits per heavy atom. The van der Waals surface area contributed by atoms with Gasteiger partial charge in [-0.3, -0.25) is 6.08 Å². The molecule has 0 aromatic heterocycles. The fraction of sp³-hybridized carbons (Fsp3) is 0.208. The summed E-state index contributed by atoms with van der Waals surface area (Å²) >= 11 is 13.2. The first kappa shape index (κ1) is 41.6. The Labute approximate surface area is 359 Å². The van der Waals surface area contributed by atoms with Gasteiger partial charge in [0, 0.05) is 0 Å². The quantitative estimate of drug-likeness (QED) is 0.146. The summed E-state index contributed by atoms with van der Waals surface area (Å²) in [5.41, 5.74) is 10.8. The zero-order valence-electron chi connectivity index (χ0n) is 33.4. The van der Waals surface area contributed by atoms with Crippen molar-refractivity contribution in [1.29, 1.82) is 0 Å². The summed E-state index contributed by atoms with van der Waals surface area (Å²) in [6.45, 7) is 13.9. The Kier molecular flexibility index (Phi) is 13.8. The van der Waals surface area contributed by atoms with Crippen molar-refractivity contribution in [3.05, 3.63) is 196 Å². The molecule has 0 saturated carbocycles. The monoisotopic (exact) mass is 846 g/mol. The topological polar surface area (TPSA) is 0 Å². The SMILES string of the molecule is CC(C)(C)c1cc2c(cc1-c1ccccc1)[cH-]c1cc(-c3ccccc3)c(C(C)(C)C)cc12.Clc1ccc(C[C](=[Zr+2])Cc2ccc(Cl)cc2)cc1.[C-]1=CC=CC1. The number of allylic oxidation sites excluding steroid dienone is 4. The van der Waals surface area contributed by atoms with Gasteiger partial charge in [0.05, 0.1) is 0 Å². The van der Waals surface area contributed by atoms with Gasteiger partial charge in [-0.15, -0.1) is 46.2 Å². The van der Waals surface area contributed by atoms with E-state index in [2.05, 4.69) is 169 Å². The molecule has 0 heterocycles. The second-order valence-corrected chi connectivity index (χ2v) is 19.2. The molecular weight excluding hydrogens is 799 g/mol. The van der Waals surface area contributed by atoms with E-state index in [4.69, 9.17) is 23.2 Å². The first-order valence-electron chi connectivity index (χ1n) is 19.4. The molecule has 0 radical (unpaired) electrons. The van der Waals surface area contributed by atoms with Gasteiger partial charge in [-0.1, -0.05) is 114 Å². The standard InChI is InChI=1S/C33H33.C15H12Cl2.C5H5.Zr/c1-32(2,3)30-20-26-24(18-28(30)22-13-9-7-10-14-22)17-25-19-29(23-15-11-8-12-16-23)31(21-27(25)26)33(4,5)6;16-14-8-4-12(5-9-14)2-1-3-13-6-10-15(17)11-7-13;1-2-4-5-3-1;/h7-21H,1-6H3;4-11H,2-3H2;1-3H,4H2;/q-1;;-1;+2. The minimum absolute atomic E-state index is 0.0554. The molecule has 0 aliphatic heterocycles. The van der Waals surface area contributed by atoms with Crippen molar-refractivity contribution < 1.29 is 24.2 Å². The first-order chi connectivity index (χ1) is 26.8. The van der Waals surface area contributed by atoms with Crippen molar-refractivity contribution >= 4 is 48.0 Å². The number of halogens is 2. The minimum atomic E-state index is 0.0554. The van der Waals surface area contributed by atoms with Crippen molar-refractivity contribution in [1.82, 2.24) is 0 Å². The Balaban J connectivity index is 0.000000192. The first-order valence-corrected chi connectivity index (χ1v) is 21.3. The van der Waals surface area contributed by atoms with Gasteiger partial charge in [0.15, 0.2) is 0 Å². The second-order valence-electron chi connectivity index (χ2n) is 16.6. The van der Waals surface area contributed by atoms with Gasteiger partial charge < -0.3 is 0 Å². The number of fused-ring (bicyclic) bond motifs is 3. The van der Waals surface area contributed by atoms with Crippen LogP contribution in [0, 0.1) is 6.08 Å². The predicted octanol–water partition coefficient (Wildman–Crippen LogP) is 15.4. The van der Waals surface area contributed by atoms with E-state index in [9.17, 15) is 0 Å². The molecule has 0 N–H and O–H groups in total. The molecule has 0 unspecified atom stereocenters. The molecule has 7 aromatic carbocycles. The van der Waals surface area contributed by atoms with E-state index in [-0.39, 0.29) is 10.8 Å². The molecule has 0 saturated heterocycles. The van der Waals surface area contributed by atoms with E-state index in [1.807, 2.05) is 36.4 Å². The number of hydrogen-bond donors (Lipinski definition) is 0. The molecule has 7 aromatic rings. The maximum Gasteiger partial charge on any atom is -0.109 e. The second kappa shape index (κ2) is 18.5. The average molecular weight is 849 g/mol. The third-order valence-electron chi connectivity index (χ3n) is 10.0. The fourth-order valence-corrected chi connectivity index (χ4v) is 8.42. The zero-order valence-corrected chi connectivity index (χ0v) is 37.4. The van der Waals surface area contributed by atoms with Gasteiger partial charge in [0.2, 0.25) is 0 Å². The maximum absolute atomic E-state index is 5.88. The minimum Gasteiger partial charge on any atom is -0.273 e. The van der Waals surface area contributed by atoms with Crippen LogP contribution >= 0.6 is 23.2 Å². The summed E-state index contributed by atoms with van der Waals surface area (Å²) < 4.78 is 1.52. The van der Waals surface area contributed by atoms with Gasteiger partial charge in [0.1, 0.15) is 0 Å². The van der Waals surface area contributed by atoms with Crippen molar-refractivity contribution in [3.63, 3.8) is 0 Å². The van der Waals surface area contributed by atoms with E-state index in [1.54, 1.807) is 0 Å². The molecule has 1 aliphatic carbocycles. The smallest absolute Gasteiger partial charge is 0.109 e. The van der Waals surface area contributed by atoms with Crippen LogP contribution < -0.4 is 0 Å². The van der Waals surface area contributed by atoms with Crippen LogP contribution in [0.4, 0.5) is 0 Å². The van der Waals surface area contributed by atoms with Gasteiger partial charge in [-0.2, -0.15) is 6.08 Å². The Morgan fingerprint density at radius 3 is 1.32 bits per heavy atom. The summed E-state index contributed by atoms with van der Waals surface area (Å²) in [5, 5.41) is 6.95. The molecule has 0 spiro atoms. The molecule has 0 amide bonds. The largest absolute Gasteiger partial charge is 0.273 e. The van der Waals surface area contributed by atoms with E-state index in [0.717, 1.165) is 29.3 Å². The van der Waals surface area contributed by atoms with Crippen LogP contribution in [0.25, 0.3) is 43.8 Å². The molecule has 0 nitrogen and oxygen atoms in total. The van der Waals surface area contributed by atoms with E-state index < -0.39 is 0 Å². The van der Waals surface area contributed by atoms with Crippen molar-refractivity contribution in [3.8, 4) is 22.3 Å². The van der Waals surface area contributed by atoms with Crippen molar-refractivity contribution in [2.75, 3.05) is 0 Å². The maximum atomic E-state index is 5.88. The van der Waals surface area contributed by atoms with Gasteiger partial charge in [-0.25, -0.2) is 12.2 Å². The molecule has 0 bridgehead atoms. The Hall–Kier alpha value is -4.00. The third-order valence-corrected chi connectivity index (χ3v) is 11.4. The zero-order chi connectivity index (χ0) is 39.9. The predicted molar refractivity (Wildman–Crippen MR) is 242 cm³/mol. The molecule has 280 valence electrons. The molecular formula is C53H50Cl2Zr. The summed E-state index contributed by atoms with van der Waals surface area (Å²) in [7, 11) is 0. The van der Waals surface area contributed by atoms with Crippen LogP contribution in [0.15, 0.2) is 158 Å². The molecule has 3 heteroatoms.